The number of hydrogen-bond acceptors (Lipinski definition) is 6. The Bertz CT molecular complexity index is 1370. The third-order valence-electron chi connectivity index (χ3n) is 5.14. The van der Waals surface area contributed by atoms with Crippen molar-refractivity contribution < 1.29 is 19.1 Å². The Morgan fingerprint density at radius 1 is 1.09 bits per heavy atom. The number of aliphatic hydroxyl groups excluding tert-OH is 1. The van der Waals surface area contributed by atoms with Gasteiger partial charge in [-0.05, 0) is 29.8 Å². The van der Waals surface area contributed by atoms with Crippen LogP contribution in [0.25, 0.3) is 16.0 Å². The van der Waals surface area contributed by atoms with Crippen molar-refractivity contribution in [2.75, 3.05) is 4.90 Å². The molecule has 2 aromatic carbocycles. The van der Waals surface area contributed by atoms with Gasteiger partial charge in [0.25, 0.3) is 5.78 Å². The summed E-state index contributed by atoms with van der Waals surface area (Å²) in [5, 5.41) is 11.1. The number of thiazole rings is 1. The normalized spacial score (nSPS) is 17.9. The zero-order valence-electron chi connectivity index (χ0n) is 16.2. The Balaban J connectivity index is 1.73. The number of amides is 1. The molecule has 0 saturated carbocycles. The van der Waals surface area contributed by atoms with Gasteiger partial charge < -0.3 is 5.11 Å². The molecule has 5 rings (SSSR count). The maximum Gasteiger partial charge on any atom is 0.301 e. The minimum Gasteiger partial charge on any atom is -0.507 e. The van der Waals surface area contributed by atoms with Gasteiger partial charge >= 0.3 is 5.91 Å². The predicted octanol–water partition coefficient (Wildman–Crippen LogP) is 5.11. The number of aromatic nitrogens is 2. The van der Waals surface area contributed by atoms with Crippen molar-refractivity contribution in [3.63, 3.8) is 0 Å². The van der Waals surface area contributed by atoms with Crippen LogP contribution in [0.15, 0.2) is 72.6 Å². The fourth-order valence-electron chi connectivity index (χ4n) is 3.66. The molecule has 1 aliphatic heterocycles. The molecule has 158 valence electrons. The summed E-state index contributed by atoms with van der Waals surface area (Å²) in [6, 6.07) is 13.5. The standard InChI is InChI=1S/C23H13ClFN3O3S/c24-14-10-16-17(11-15(14)25)32-23(27-16)28-19(12-6-8-26-9-7-12)18(21(30)22(28)31)20(29)13-4-2-1-3-5-13/h1-11,19,29H/b20-18+. The van der Waals surface area contributed by atoms with E-state index in [1.54, 1.807) is 42.5 Å². The number of aliphatic hydroxyl groups is 1. The molecule has 0 radical (unpaired) electrons. The molecule has 1 N–H and O–H groups in total. The van der Waals surface area contributed by atoms with Crippen molar-refractivity contribution in [3.05, 3.63) is 94.5 Å². The second kappa shape index (κ2) is 7.81. The van der Waals surface area contributed by atoms with Crippen LogP contribution in [0.4, 0.5) is 9.52 Å². The van der Waals surface area contributed by atoms with Gasteiger partial charge in [-0.2, -0.15) is 0 Å². The molecule has 4 aromatic rings. The lowest BCUT2D eigenvalue weighted by atomic mass is 9.96. The van der Waals surface area contributed by atoms with Crippen LogP contribution in [-0.4, -0.2) is 26.8 Å². The number of hydrogen-bond donors (Lipinski definition) is 1. The fraction of sp³-hybridized carbons (Fsp3) is 0.0435. The van der Waals surface area contributed by atoms with Crippen molar-refractivity contribution in [1.29, 1.82) is 0 Å². The van der Waals surface area contributed by atoms with Crippen LogP contribution in [0.1, 0.15) is 17.2 Å². The van der Waals surface area contributed by atoms with Crippen molar-refractivity contribution in [3.8, 4) is 0 Å². The molecule has 1 fully saturated rings. The first kappa shape index (κ1) is 20.3. The molecule has 2 aromatic heterocycles. The maximum absolute atomic E-state index is 13.9. The summed E-state index contributed by atoms with van der Waals surface area (Å²) < 4.78 is 14.4. The van der Waals surface area contributed by atoms with Crippen molar-refractivity contribution in [1.82, 2.24) is 9.97 Å². The molecule has 1 unspecified atom stereocenters. The highest BCUT2D eigenvalue weighted by Gasteiger charge is 2.48. The predicted molar refractivity (Wildman–Crippen MR) is 120 cm³/mol. The van der Waals surface area contributed by atoms with Gasteiger partial charge in [0.15, 0.2) is 5.13 Å². The number of pyridine rings is 1. The van der Waals surface area contributed by atoms with E-state index in [9.17, 15) is 19.1 Å². The number of Topliss-reactive ketones (excluding diaryl/α,β-unsaturated/α-hetero) is 1. The molecule has 0 spiro atoms. The largest absolute Gasteiger partial charge is 0.507 e. The zero-order chi connectivity index (χ0) is 22.4. The van der Waals surface area contributed by atoms with Crippen LogP contribution in [0.5, 0.6) is 0 Å². The molecule has 1 saturated heterocycles. The van der Waals surface area contributed by atoms with Gasteiger partial charge in [-0.25, -0.2) is 9.37 Å². The Morgan fingerprint density at radius 3 is 2.53 bits per heavy atom. The van der Waals surface area contributed by atoms with Gasteiger partial charge in [0, 0.05) is 18.0 Å². The molecule has 1 amide bonds. The van der Waals surface area contributed by atoms with Crippen LogP contribution in [0, 0.1) is 5.82 Å². The van der Waals surface area contributed by atoms with Gasteiger partial charge in [0.05, 0.1) is 26.9 Å². The Kier molecular flexibility index (Phi) is 4.96. The smallest absolute Gasteiger partial charge is 0.301 e. The molecular weight excluding hydrogens is 453 g/mol. The molecule has 3 heterocycles. The molecular formula is C23H13ClFN3O3S. The number of halogens is 2. The number of fused-ring (bicyclic) bond motifs is 1. The summed E-state index contributed by atoms with van der Waals surface area (Å²) >= 11 is 6.93. The van der Waals surface area contributed by atoms with Gasteiger partial charge in [-0.15, -0.1) is 0 Å². The van der Waals surface area contributed by atoms with Gasteiger partial charge in [-0.1, -0.05) is 53.3 Å². The quantitative estimate of drug-likeness (QED) is 0.258. The van der Waals surface area contributed by atoms with E-state index in [0.29, 0.717) is 21.3 Å². The van der Waals surface area contributed by atoms with Crippen molar-refractivity contribution >= 4 is 55.7 Å². The van der Waals surface area contributed by atoms with E-state index in [2.05, 4.69) is 9.97 Å². The van der Waals surface area contributed by atoms with Crippen molar-refractivity contribution in [2.24, 2.45) is 0 Å². The molecule has 1 atom stereocenters. The van der Waals surface area contributed by atoms with E-state index in [1.165, 1.54) is 29.4 Å². The molecule has 9 heteroatoms. The number of benzene rings is 2. The van der Waals surface area contributed by atoms with Crippen LogP contribution in [0.2, 0.25) is 5.02 Å². The summed E-state index contributed by atoms with van der Waals surface area (Å²) in [5.41, 5.74) is 1.31. The number of rotatable bonds is 3. The lowest BCUT2D eigenvalue weighted by Gasteiger charge is -2.22. The summed E-state index contributed by atoms with van der Waals surface area (Å²) in [6.45, 7) is 0. The first-order valence-corrected chi connectivity index (χ1v) is 10.7. The second-order valence-corrected chi connectivity index (χ2v) is 8.46. The van der Waals surface area contributed by atoms with Crippen LogP contribution in [-0.2, 0) is 9.59 Å². The lowest BCUT2D eigenvalue weighted by molar-refractivity contribution is -0.132. The number of carbonyl (C=O) groups is 2. The number of ketones is 1. The van der Waals surface area contributed by atoms with E-state index in [0.717, 1.165) is 11.3 Å². The van der Waals surface area contributed by atoms with Crippen LogP contribution in [0.3, 0.4) is 0 Å². The van der Waals surface area contributed by atoms with E-state index >= 15 is 0 Å². The average Bonchev–Trinajstić information content (AvgIpc) is 3.32. The monoisotopic (exact) mass is 465 g/mol. The second-order valence-electron chi connectivity index (χ2n) is 7.05. The minimum atomic E-state index is -0.931. The summed E-state index contributed by atoms with van der Waals surface area (Å²) in [6.07, 6.45) is 3.07. The Labute approximate surface area is 190 Å². The molecule has 0 bridgehead atoms. The Hall–Kier alpha value is -3.62. The molecule has 6 nitrogen and oxygen atoms in total. The highest BCUT2D eigenvalue weighted by Crippen LogP contribution is 2.44. The van der Waals surface area contributed by atoms with E-state index in [1.807, 2.05) is 0 Å². The highest BCUT2D eigenvalue weighted by molar-refractivity contribution is 7.22. The van der Waals surface area contributed by atoms with Crippen molar-refractivity contribution in [2.45, 2.75) is 6.04 Å². The lowest BCUT2D eigenvalue weighted by Crippen LogP contribution is -2.29. The molecule has 1 aliphatic rings. The zero-order valence-corrected chi connectivity index (χ0v) is 17.8. The van der Waals surface area contributed by atoms with Gasteiger partial charge in [-0.3, -0.25) is 19.5 Å². The number of carbonyl (C=O) groups excluding carboxylic acids is 2. The molecule has 32 heavy (non-hydrogen) atoms. The third kappa shape index (κ3) is 3.24. The average molecular weight is 466 g/mol. The highest BCUT2D eigenvalue weighted by atomic mass is 35.5. The van der Waals surface area contributed by atoms with Gasteiger partial charge in [0.1, 0.15) is 11.6 Å². The fourth-order valence-corrected chi connectivity index (χ4v) is 4.81. The third-order valence-corrected chi connectivity index (χ3v) is 6.45. The van der Waals surface area contributed by atoms with E-state index < -0.39 is 23.5 Å². The van der Waals surface area contributed by atoms with Gasteiger partial charge in [0.2, 0.25) is 0 Å². The SMILES string of the molecule is O=C1C(=O)N(c2nc3cc(Cl)c(F)cc3s2)C(c2ccncc2)/C1=C(\O)c1ccccc1. The Morgan fingerprint density at radius 2 is 1.81 bits per heavy atom. The first-order chi connectivity index (χ1) is 15.5. The minimum absolute atomic E-state index is 0.0594. The number of nitrogens with zero attached hydrogens (tertiary/aromatic N) is 3. The topological polar surface area (TPSA) is 83.4 Å². The van der Waals surface area contributed by atoms with E-state index in [4.69, 9.17) is 11.6 Å². The summed E-state index contributed by atoms with van der Waals surface area (Å²) in [4.78, 5) is 35.9. The summed E-state index contributed by atoms with van der Waals surface area (Å²) in [5.74, 6) is -2.57. The molecule has 0 aliphatic carbocycles. The first-order valence-electron chi connectivity index (χ1n) is 9.47. The van der Waals surface area contributed by atoms with Crippen LogP contribution >= 0.6 is 22.9 Å². The van der Waals surface area contributed by atoms with Crippen LogP contribution < -0.4 is 4.90 Å². The maximum atomic E-state index is 13.9. The van der Waals surface area contributed by atoms with E-state index in [-0.39, 0.29) is 21.5 Å². The number of anilines is 1. The summed E-state index contributed by atoms with van der Waals surface area (Å²) in [7, 11) is 0.